The summed E-state index contributed by atoms with van der Waals surface area (Å²) < 4.78 is 38.4. The lowest BCUT2D eigenvalue weighted by atomic mass is 10.00. The number of aliphatic imine (C=N–C) groups is 1. The summed E-state index contributed by atoms with van der Waals surface area (Å²) in [5.74, 6) is -1.79. The molecule has 1 atom stereocenters. The monoisotopic (exact) mass is 461 g/mol. The third kappa shape index (κ3) is 5.57. The van der Waals surface area contributed by atoms with Gasteiger partial charge in [0.2, 0.25) is 0 Å². The van der Waals surface area contributed by atoms with E-state index in [-0.39, 0.29) is 37.3 Å². The molecule has 0 saturated heterocycles. The van der Waals surface area contributed by atoms with Crippen LogP contribution in [0, 0.1) is 0 Å². The lowest BCUT2D eigenvalue weighted by Gasteiger charge is -2.26. The van der Waals surface area contributed by atoms with Crippen LogP contribution in [0.2, 0.25) is 0 Å². The Morgan fingerprint density at radius 2 is 1.76 bits per heavy atom. The SMILES string of the molecule is CC[C@H](c1ccc(C(=O)NCCC(=O)O)cc1)N1CN=C(c2ccc(C(F)(F)F)cc2)C1=O. The Hall–Kier alpha value is -3.69. The number of hydrogen-bond donors (Lipinski definition) is 2. The van der Waals surface area contributed by atoms with Gasteiger partial charge in [-0.15, -0.1) is 0 Å². The van der Waals surface area contributed by atoms with Crippen molar-refractivity contribution in [2.45, 2.75) is 32.0 Å². The number of carboxylic acid groups (broad SMARTS) is 1. The van der Waals surface area contributed by atoms with E-state index in [1.54, 1.807) is 24.3 Å². The third-order valence-corrected chi connectivity index (χ3v) is 5.28. The Kier molecular flexibility index (Phi) is 7.15. The number of rotatable bonds is 8. The smallest absolute Gasteiger partial charge is 0.416 e. The maximum atomic E-state index is 13.0. The molecule has 1 aliphatic rings. The summed E-state index contributed by atoms with van der Waals surface area (Å²) in [6.07, 6.45) is -4.08. The molecule has 33 heavy (non-hydrogen) atoms. The minimum Gasteiger partial charge on any atom is -0.481 e. The van der Waals surface area contributed by atoms with Crippen LogP contribution >= 0.6 is 0 Å². The number of alkyl halides is 3. The molecule has 0 aliphatic carbocycles. The van der Waals surface area contributed by atoms with E-state index in [1.807, 2.05) is 6.92 Å². The van der Waals surface area contributed by atoms with Gasteiger partial charge >= 0.3 is 12.1 Å². The first-order chi connectivity index (χ1) is 15.6. The first-order valence-electron chi connectivity index (χ1n) is 10.2. The molecule has 2 amide bonds. The predicted octanol–water partition coefficient (Wildman–Crippen LogP) is 3.65. The first-order valence-corrected chi connectivity index (χ1v) is 10.2. The van der Waals surface area contributed by atoms with E-state index in [1.165, 1.54) is 17.0 Å². The summed E-state index contributed by atoms with van der Waals surface area (Å²) in [4.78, 5) is 41.4. The van der Waals surface area contributed by atoms with Crippen LogP contribution in [0.15, 0.2) is 53.5 Å². The fourth-order valence-electron chi connectivity index (χ4n) is 3.56. The number of nitrogens with one attached hydrogen (secondary N) is 1. The van der Waals surface area contributed by atoms with Crippen molar-refractivity contribution >= 4 is 23.5 Å². The van der Waals surface area contributed by atoms with Crippen molar-refractivity contribution in [1.29, 1.82) is 0 Å². The van der Waals surface area contributed by atoms with Crippen LogP contribution in [-0.4, -0.2) is 46.7 Å². The quantitative estimate of drug-likeness (QED) is 0.627. The van der Waals surface area contributed by atoms with Crippen molar-refractivity contribution < 1.29 is 32.7 Å². The van der Waals surface area contributed by atoms with Crippen molar-refractivity contribution in [3.8, 4) is 0 Å². The molecule has 2 N–H and O–H groups in total. The van der Waals surface area contributed by atoms with Gasteiger partial charge in [-0.05, 0) is 36.2 Å². The van der Waals surface area contributed by atoms with Gasteiger partial charge < -0.3 is 15.3 Å². The summed E-state index contributed by atoms with van der Waals surface area (Å²) >= 11 is 0. The van der Waals surface area contributed by atoms with Gasteiger partial charge in [0.1, 0.15) is 12.4 Å². The molecule has 0 unspecified atom stereocenters. The largest absolute Gasteiger partial charge is 0.481 e. The lowest BCUT2D eigenvalue weighted by Crippen LogP contribution is -2.34. The number of carbonyl (C=O) groups excluding carboxylic acids is 2. The number of amides is 2. The summed E-state index contributed by atoms with van der Waals surface area (Å²) in [6, 6.07) is 10.6. The molecule has 1 heterocycles. The van der Waals surface area contributed by atoms with Gasteiger partial charge in [0.25, 0.3) is 11.8 Å². The van der Waals surface area contributed by atoms with E-state index in [0.717, 1.165) is 17.7 Å². The number of aliphatic carboxylic acids is 1. The minimum absolute atomic E-state index is 0.0137. The van der Waals surface area contributed by atoms with Crippen molar-refractivity contribution in [2.24, 2.45) is 4.99 Å². The standard InChI is InChI=1S/C23H22F3N3O4/c1-2-18(14-3-5-16(6-4-14)21(32)27-12-11-19(30)31)29-13-28-20(22(29)33)15-7-9-17(10-8-15)23(24,25)26/h3-10,18H,2,11-13H2,1H3,(H,27,32)(H,30,31)/t18-/m1/s1. The predicted molar refractivity (Wildman–Crippen MR) is 114 cm³/mol. The highest BCUT2D eigenvalue weighted by Gasteiger charge is 2.34. The minimum atomic E-state index is -4.46. The highest BCUT2D eigenvalue weighted by molar-refractivity contribution is 6.46. The van der Waals surface area contributed by atoms with E-state index in [9.17, 15) is 27.6 Å². The van der Waals surface area contributed by atoms with Crippen LogP contribution in [0.4, 0.5) is 13.2 Å². The van der Waals surface area contributed by atoms with Gasteiger partial charge in [0.05, 0.1) is 18.0 Å². The molecule has 7 nitrogen and oxygen atoms in total. The zero-order valence-corrected chi connectivity index (χ0v) is 17.7. The summed E-state index contributed by atoms with van der Waals surface area (Å²) in [5.41, 5.74) is 0.758. The number of carbonyl (C=O) groups is 3. The van der Waals surface area contributed by atoms with Crippen LogP contribution < -0.4 is 5.32 Å². The molecule has 2 aromatic carbocycles. The highest BCUT2D eigenvalue weighted by atomic mass is 19.4. The second-order valence-corrected chi connectivity index (χ2v) is 7.44. The summed E-state index contributed by atoms with van der Waals surface area (Å²) in [7, 11) is 0. The van der Waals surface area contributed by atoms with Crippen LogP contribution in [0.3, 0.4) is 0 Å². The average Bonchev–Trinajstić information content (AvgIpc) is 3.15. The second kappa shape index (κ2) is 9.85. The zero-order valence-electron chi connectivity index (χ0n) is 17.7. The number of benzene rings is 2. The average molecular weight is 461 g/mol. The van der Waals surface area contributed by atoms with Gasteiger partial charge in [-0.2, -0.15) is 13.2 Å². The van der Waals surface area contributed by atoms with E-state index < -0.39 is 23.6 Å². The Balaban J connectivity index is 1.69. The molecule has 2 aromatic rings. The Morgan fingerprint density at radius 1 is 1.12 bits per heavy atom. The van der Waals surface area contributed by atoms with E-state index in [4.69, 9.17) is 5.11 Å². The molecule has 10 heteroatoms. The molecule has 0 bridgehead atoms. The molecular weight excluding hydrogens is 439 g/mol. The number of nitrogens with zero attached hydrogens (tertiary/aromatic N) is 2. The van der Waals surface area contributed by atoms with Gasteiger partial charge in [0.15, 0.2) is 0 Å². The molecule has 0 aromatic heterocycles. The topological polar surface area (TPSA) is 99.1 Å². The number of carboxylic acids is 1. The Morgan fingerprint density at radius 3 is 2.30 bits per heavy atom. The third-order valence-electron chi connectivity index (χ3n) is 5.28. The summed E-state index contributed by atoms with van der Waals surface area (Å²) in [5, 5.41) is 11.2. The van der Waals surface area contributed by atoms with Crippen molar-refractivity contribution in [1.82, 2.24) is 10.2 Å². The number of hydrogen-bond acceptors (Lipinski definition) is 4. The maximum absolute atomic E-state index is 13.0. The van der Waals surface area contributed by atoms with Gasteiger partial charge in [-0.1, -0.05) is 31.2 Å². The molecular formula is C23H22F3N3O4. The Labute approximate surface area is 187 Å². The van der Waals surface area contributed by atoms with Gasteiger partial charge in [0, 0.05) is 17.7 Å². The normalized spacial score (nSPS) is 14.7. The second-order valence-electron chi connectivity index (χ2n) is 7.44. The van der Waals surface area contributed by atoms with Crippen LogP contribution in [0.5, 0.6) is 0 Å². The van der Waals surface area contributed by atoms with E-state index in [2.05, 4.69) is 10.3 Å². The molecule has 0 saturated carbocycles. The van der Waals surface area contributed by atoms with Crippen molar-refractivity contribution in [2.75, 3.05) is 13.2 Å². The van der Waals surface area contributed by atoms with Gasteiger partial charge in [-0.3, -0.25) is 19.4 Å². The maximum Gasteiger partial charge on any atom is 0.416 e. The fourth-order valence-corrected chi connectivity index (χ4v) is 3.56. The lowest BCUT2D eigenvalue weighted by molar-refractivity contribution is -0.138. The fraction of sp³-hybridized carbons (Fsp3) is 0.304. The van der Waals surface area contributed by atoms with Gasteiger partial charge in [-0.25, -0.2) is 0 Å². The molecule has 0 spiro atoms. The van der Waals surface area contributed by atoms with Crippen LogP contribution in [0.25, 0.3) is 0 Å². The molecule has 1 aliphatic heterocycles. The van der Waals surface area contributed by atoms with Crippen LogP contribution in [-0.2, 0) is 15.8 Å². The molecule has 0 radical (unpaired) electrons. The van der Waals surface area contributed by atoms with Crippen molar-refractivity contribution in [3.63, 3.8) is 0 Å². The zero-order chi connectivity index (χ0) is 24.2. The van der Waals surface area contributed by atoms with E-state index >= 15 is 0 Å². The highest BCUT2D eigenvalue weighted by Crippen LogP contribution is 2.31. The molecule has 0 fully saturated rings. The summed E-state index contributed by atoms with van der Waals surface area (Å²) in [6.45, 7) is 1.98. The van der Waals surface area contributed by atoms with E-state index in [0.29, 0.717) is 17.5 Å². The van der Waals surface area contributed by atoms with Crippen LogP contribution in [0.1, 0.15) is 52.9 Å². The molecule has 174 valence electrons. The molecule has 3 rings (SSSR count). The first kappa shape index (κ1) is 24.0. The Bertz CT molecular complexity index is 1060. The van der Waals surface area contributed by atoms with Crippen molar-refractivity contribution in [3.05, 3.63) is 70.8 Å². The number of halogens is 3.